The van der Waals surface area contributed by atoms with Crippen LogP contribution in [-0.2, 0) is 9.53 Å². The summed E-state index contributed by atoms with van der Waals surface area (Å²) in [5.41, 5.74) is 0. The lowest BCUT2D eigenvalue weighted by atomic mass is 10.1. The SMILES string of the molecule is CCCOCC(=O)N1CCCC1CC(C)O. The first kappa shape index (κ1) is 13.5. The Morgan fingerprint density at radius 3 is 3.00 bits per heavy atom. The molecule has 0 bridgehead atoms. The fraction of sp³-hybridized carbons (Fsp3) is 0.917. The summed E-state index contributed by atoms with van der Waals surface area (Å²) < 4.78 is 5.26. The van der Waals surface area contributed by atoms with Gasteiger partial charge in [-0.15, -0.1) is 0 Å². The Morgan fingerprint density at radius 2 is 2.38 bits per heavy atom. The minimum Gasteiger partial charge on any atom is -0.393 e. The van der Waals surface area contributed by atoms with Gasteiger partial charge in [-0.2, -0.15) is 0 Å². The highest BCUT2D eigenvalue weighted by Gasteiger charge is 2.29. The van der Waals surface area contributed by atoms with Crippen molar-refractivity contribution < 1.29 is 14.6 Å². The van der Waals surface area contributed by atoms with Crippen LogP contribution in [0.1, 0.15) is 39.5 Å². The van der Waals surface area contributed by atoms with Crippen LogP contribution in [0.3, 0.4) is 0 Å². The number of hydrogen-bond acceptors (Lipinski definition) is 3. The second-order valence-electron chi connectivity index (χ2n) is 4.52. The number of aliphatic hydroxyl groups is 1. The van der Waals surface area contributed by atoms with Gasteiger partial charge in [-0.25, -0.2) is 0 Å². The van der Waals surface area contributed by atoms with Gasteiger partial charge in [0.05, 0.1) is 6.10 Å². The zero-order valence-corrected chi connectivity index (χ0v) is 10.3. The van der Waals surface area contributed by atoms with Gasteiger partial charge in [-0.1, -0.05) is 6.92 Å². The van der Waals surface area contributed by atoms with Gasteiger partial charge in [0.1, 0.15) is 6.61 Å². The molecule has 1 heterocycles. The molecule has 1 N–H and O–H groups in total. The molecule has 1 fully saturated rings. The lowest BCUT2D eigenvalue weighted by molar-refractivity contribution is -0.137. The van der Waals surface area contributed by atoms with Crippen molar-refractivity contribution in [1.29, 1.82) is 0 Å². The molecular formula is C12H23NO3. The number of rotatable bonds is 6. The molecule has 0 aromatic rings. The lowest BCUT2D eigenvalue weighted by Crippen LogP contribution is -2.39. The van der Waals surface area contributed by atoms with Crippen LogP contribution in [-0.4, -0.2) is 47.8 Å². The fourth-order valence-electron chi connectivity index (χ4n) is 2.19. The van der Waals surface area contributed by atoms with Crippen LogP contribution in [0.5, 0.6) is 0 Å². The van der Waals surface area contributed by atoms with Crippen LogP contribution in [0.25, 0.3) is 0 Å². The van der Waals surface area contributed by atoms with Crippen molar-refractivity contribution in [2.45, 2.75) is 51.7 Å². The maximum absolute atomic E-state index is 11.8. The monoisotopic (exact) mass is 229 g/mol. The molecule has 0 radical (unpaired) electrons. The van der Waals surface area contributed by atoms with Crippen molar-refractivity contribution in [2.24, 2.45) is 0 Å². The van der Waals surface area contributed by atoms with E-state index in [0.29, 0.717) is 13.0 Å². The Kier molecular flexibility index (Phi) is 5.77. The summed E-state index contributed by atoms with van der Waals surface area (Å²) in [6, 6.07) is 0.206. The van der Waals surface area contributed by atoms with Gasteiger partial charge >= 0.3 is 0 Å². The molecule has 2 atom stereocenters. The van der Waals surface area contributed by atoms with Gasteiger partial charge in [0.2, 0.25) is 5.91 Å². The summed E-state index contributed by atoms with van der Waals surface area (Å²) in [4.78, 5) is 13.7. The van der Waals surface area contributed by atoms with Gasteiger partial charge in [0.15, 0.2) is 0 Å². The molecule has 0 saturated carbocycles. The molecule has 2 unspecified atom stereocenters. The molecule has 1 aliphatic heterocycles. The van der Waals surface area contributed by atoms with Crippen LogP contribution >= 0.6 is 0 Å². The average molecular weight is 229 g/mol. The van der Waals surface area contributed by atoms with Crippen molar-refractivity contribution in [3.63, 3.8) is 0 Å². The third-order valence-corrected chi connectivity index (χ3v) is 2.88. The Bertz CT molecular complexity index is 218. The van der Waals surface area contributed by atoms with E-state index in [1.807, 2.05) is 11.8 Å². The molecule has 1 rings (SSSR count). The third kappa shape index (κ3) is 4.10. The Balaban J connectivity index is 2.35. The highest BCUT2D eigenvalue weighted by Crippen LogP contribution is 2.21. The van der Waals surface area contributed by atoms with E-state index in [4.69, 9.17) is 4.74 Å². The predicted molar refractivity (Wildman–Crippen MR) is 62.1 cm³/mol. The van der Waals surface area contributed by atoms with Gasteiger partial charge in [-0.05, 0) is 32.6 Å². The molecule has 1 saturated heterocycles. The first-order valence-electron chi connectivity index (χ1n) is 6.20. The maximum Gasteiger partial charge on any atom is 0.248 e. The summed E-state index contributed by atoms with van der Waals surface area (Å²) in [5.74, 6) is 0.0663. The molecule has 4 nitrogen and oxygen atoms in total. The number of likely N-dealkylation sites (tertiary alicyclic amines) is 1. The largest absolute Gasteiger partial charge is 0.393 e. The number of amides is 1. The van der Waals surface area contributed by atoms with Crippen molar-refractivity contribution in [3.05, 3.63) is 0 Å². The normalized spacial score (nSPS) is 22.4. The maximum atomic E-state index is 11.8. The zero-order chi connectivity index (χ0) is 12.0. The number of ether oxygens (including phenoxy) is 1. The van der Waals surface area contributed by atoms with Crippen LogP contribution in [0.4, 0.5) is 0 Å². The topological polar surface area (TPSA) is 49.8 Å². The molecule has 0 spiro atoms. The molecule has 1 aliphatic rings. The van der Waals surface area contributed by atoms with Gasteiger partial charge in [0, 0.05) is 19.2 Å². The van der Waals surface area contributed by atoms with E-state index in [9.17, 15) is 9.90 Å². The number of nitrogens with zero attached hydrogens (tertiary/aromatic N) is 1. The highest BCUT2D eigenvalue weighted by atomic mass is 16.5. The molecule has 1 amide bonds. The predicted octanol–water partition coefficient (Wildman–Crippen LogP) is 1.17. The van der Waals surface area contributed by atoms with Crippen LogP contribution in [0.2, 0.25) is 0 Å². The Hall–Kier alpha value is -0.610. The van der Waals surface area contributed by atoms with E-state index in [0.717, 1.165) is 25.8 Å². The van der Waals surface area contributed by atoms with Crippen molar-refractivity contribution in [3.8, 4) is 0 Å². The molecular weight excluding hydrogens is 206 g/mol. The smallest absolute Gasteiger partial charge is 0.248 e. The average Bonchev–Trinajstić information content (AvgIpc) is 2.65. The quantitative estimate of drug-likeness (QED) is 0.696. The molecule has 0 aromatic carbocycles. The van der Waals surface area contributed by atoms with Crippen LogP contribution < -0.4 is 0 Å². The molecule has 4 heteroatoms. The zero-order valence-electron chi connectivity index (χ0n) is 10.3. The summed E-state index contributed by atoms with van der Waals surface area (Å²) in [7, 11) is 0. The number of carbonyl (C=O) groups is 1. The van der Waals surface area contributed by atoms with Crippen molar-refractivity contribution in [2.75, 3.05) is 19.8 Å². The number of hydrogen-bond donors (Lipinski definition) is 1. The summed E-state index contributed by atoms with van der Waals surface area (Å²) in [6.07, 6.45) is 3.32. The van der Waals surface area contributed by atoms with Crippen molar-refractivity contribution in [1.82, 2.24) is 4.90 Å². The minimum absolute atomic E-state index is 0.0663. The second-order valence-corrected chi connectivity index (χ2v) is 4.52. The van der Waals surface area contributed by atoms with E-state index in [-0.39, 0.29) is 24.7 Å². The first-order chi connectivity index (χ1) is 7.65. The van der Waals surface area contributed by atoms with E-state index < -0.39 is 0 Å². The molecule has 94 valence electrons. The van der Waals surface area contributed by atoms with Crippen LogP contribution in [0.15, 0.2) is 0 Å². The van der Waals surface area contributed by atoms with E-state index >= 15 is 0 Å². The van der Waals surface area contributed by atoms with E-state index in [2.05, 4.69) is 0 Å². The second kappa shape index (κ2) is 6.86. The highest BCUT2D eigenvalue weighted by molar-refractivity contribution is 5.78. The van der Waals surface area contributed by atoms with Crippen LogP contribution in [0, 0.1) is 0 Å². The standard InChI is InChI=1S/C12H23NO3/c1-3-7-16-9-12(15)13-6-4-5-11(13)8-10(2)14/h10-11,14H,3-9H2,1-2H3. The van der Waals surface area contributed by atoms with Gasteiger partial charge in [0.25, 0.3) is 0 Å². The van der Waals surface area contributed by atoms with E-state index in [1.165, 1.54) is 0 Å². The van der Waals surface area contributed by atoms with Gasteiger partial charge < -0.3 is 14.7 Å². The molecule has 0 aromatic heterocycles. The summed E-state index contributed by atoms with van der Waals surface area (Å²) >= 11 is 0. The third-order valence-electron chi connectivity index (χ3n) is 2.88. The minimum atomic E-state index is -0.338. The Labute approximate surface area is 97.6 Å². The molecule has 0 aliphatic carbocycles. The first-order valence-corrected chi connectivity index (χ1v) is 6.20. The van der Waals surface area contributed by atoms with Gasteiger partial charge in [-0.3, -0.25) is 4.79 Å². The number of carbonyl (C=O) groups excluding carboxylic acids is 1. The fourth-order valence-corrected chi connectivity index (χ4v) is 2.19. The summed E-state index contributed by atoms with van der Waals surface area (Å²) in [5, 5.41) is 9.36. The number of aliphatic hydroxyl groups excluding tert-OH is 1. The van der Waals surface area contributed by atoms with Crippen molar-refractivity contribution >= 4 is 5.91 Å². The molecule has 16 heavy (non-hydrogen) atoms. The summed E-state index contributed by atoms with van der Waals surface area (Å²) in [6.45, 7) is 5.43. The Morgan fingerprint density at radius 1 is 1.62 bits per heavy atom. The van der Waals surface area contributed by atoms with E-state index in [1.54, 1.807) is 6.92 Å². The lowest BCUT2D eigenvalue weighted by Gasteiger charge is -2.25.